The number of nitrogens with zero attached hydrogens (tertiary/aromatic N) is 1. The molecule has 0 aromatic rings. The number of nitrogens with two attached hydrogens (primary N) is 1. The summed E-state index contributed by atoms with van der Waals surface area (Å²) in [6, 6.07) is 0. The van der Waals surface area contributed by atoms with Crippen LogP contribution in [0.3, 0.4) is 0 Å². The molecular weight excluding hydrogens is 246 g/mol. The topological polar surface area (TPSA) is 96.9 Å². The van der Waals surface area contributed by atoms with Gasteiger partial charge in [0.15, 0.2) is 5.84 Å². The number of amidine groups is 1. The number of rotatable bonds is 6. The van der Waals surface area contributed by atoms with Crippen molar-refractivity contribution in [2.24, 2.45) is 16.3 Å². The first kappa shape index (κ1) is 15.8. The number of nitrogens with one attached hydrogen (secondary N) is 1. The molecule has 110 valence electrons. The average molecular weight is 271 g/mol. The number of hydrogen-bond acceptors (Lipinski definition) is 4. The van der Waals surface area contributed by atoms with Crippen molar-refractivity contribution in [3.05, 3.63) is 0 Å². The second-order valence-electron chi connectivity index (χ2n) is 4.93. The van der Waals surface area contributed by atoms with Gasteiger partial charge in [0.2, 0.25) is 5.91 Å². The van der Waals surface area contributed by atoms with Crippen LogP contribution in [-0.4, -0.2) is 36.7 Å². The summed E-state index contributed by atoms with van der Waals surface area (Å²) in [5, 5.41) is 14.9. The van der Waals surface area contributed by atoms with Crippen molar-refractivity contribution >= 4 is 11.7 Å². The highest BCUT2D eigenvalue weighted by atomic mass is 16.5. The highest BCUT2D eigenvalue weighted by Crippen LogP contribution is 2.35. The molecule has 6 nitrogen and oxygen atoms in total. The Bertz CT molecular complexity index is 310. The molecule has 1 fully saturated rings. The van der Waals surface area contributed by atoms with Crippen LogP contribution in [0.15, 0.2) is 5.16 Å². The molecule has 0 atom stereocenters. The lowest BCUT2D eigenvalue weighted by molar-refractivity contribution is -0.128. The lowest BCUT2D eigenvalue weighted by Gasteiger charge is -2.29. The molecule has 0 aromatic carbocycles. The van der Waals surface area contributed by atoms with Crippen LogP contribution in [0, 0.1) is 5.41 Å². The van der Waals surface area contributed by atoms with E-state index in [4.69, 9.17) is 15.7 Å². The molecule has 0 saturated heterocycles. The Morgan fingerprint density at radius 2 is 2.00 bits per heavy atom. The Morgan fingerprint density at radius 1 is 1.37 bits per heavy atom. The summed E-state index contributed by atoms with van der Waals surface area (Å²) >= 11 is 0. The quantitative estimate of drug-likeness (QED) is 0.169. The number of carbonyl (C=O) groups excluding carboxylic acids is 1. The highest BCUT2D eigenvalue weighted by Gasteiger charge is 2.42. The zero-order chi connectivity index (χ0) is 14.1. The number of hydrogen-bond donors (Lipinski definition) is 3. The SMILES string of the molecule is CCOCCNC(=O)C1(C(N)=NO)CCCCCC1. The first-order chi connectivity index (χ1) is 9.17. The molecule has 1 amide bonds. The van der Waals surface area contributed by atoms with E-state index in [1.807, 2.05) is 6.92 Å². The van der Waals surface area contributed by atoms with Gasteiger partial charge in [-0.25, -0.2) is 0 Å². The molecule has 1 rings (SSSR count). The first-order valence-corrected chi connectivity index (χ1v) is 7.01. The van der Waals surface area contributed by atoms with E-state index < -0.39 is 5.41 Å². The maximum atomic E-state index is 12.4. The normalized spacial score (nSPS) is 19.7. The molecule has 0 radical (unpaired) electrons. The number of oxime groups is 1. The summed E-state index contributed by atoms with van der Waals surface area (Å²) < 4.78 is 5.19. The highest BCUT2D eigenvalue weighted by molar-refractivity contribution is 6.06. The van der Waals surface area contributed by atoms with Crippen molar-refractivity contribution in [2.45, 2.75) is 45.4 Å². The first-order valence-electron chi connectivity index (χ1n) is 7.01. The minimum absolute atomic E-state index is 0.0308. The van der Waals surface area contributed by atoms with Crippen LogP contribution in [-0.2, 0) is 9.53 Å². The van der Waals surface area contributed by atoms with Gasteiger partial charge in [0.05, 0.1) is 6.61 Å². The molecule has 6 heteroatoms. The van der Waals surface area contributed by atoms with Gasteiger partial charge < -0.3 is 21.0 Å². The molecule has 1 aliphatic carbocycles. The van der Waals surface area contributed by atoms with Crippen molar-refractivity contribution in [1.29, 1.82) is 0 Å². The Hall–Kier alpha value is -1.30. The number of carbonyl (C=O) groups is 1. The fraction of sp³-hybridized carbons (Fsp3) is 0.846. The zero-order valence-electron chi connectivity index (χ0n) is 11.7. The second-order valence-corrected chi connectivity index (χ2v) is 4.93. The smallest absolute Gasteiger partial charge is 0.234 e. The third-order valence-electron chi connectivity index (χ3n) is 3.73. The van der Waals surface area contributed by atoms with E-state index >= 15 is 0 Å². The Morgan fingerprint density at radius 3 is 2.53 bits per heavy atom. The van der Waals surface area contributed by atoms with E-state index in [2.05, 4.69) is 10.5 Å². The molecule has 0 unspecified atom stereocenters. The standard InChI is InChI=1S/C13H25N3O3/c1-2-19-10-9-15-12(17)13(11(14)16-18)7-5-3-4-6-8-13/h18H,2-10H2,1H3,(H2,14,16)(H,15,17). The zero-order valence-corrected chi connectivity index (χ0v) is 11.7. The number of amides is 1. The fourth-order valence-corrected chi connectivity index (χ4v) is 2.58. The van der Waals surface area contributed by atoms with Crippen molar-refractivity contribution in [3.63, 3.8) is 0 Å². The van der Waals surface area contributed by atoms with Crippen molar-refractivity contribution in [2.75, 3.05) is 19.8 Å². The van der Waals surface area contributed by atoms with Gasteiger partial charge in [-0.2, -0.15) is 0 Å². The van der Waals surface area contributed by atoms with Gasteiger partial charge >= 0.3 is 0 Å². The second kappa shape index (κ2) is 7.99. The number of ether oxygens (including phenoxy) is 1. The third kappa shape index (κ3) is 4.09. The van der Waals surface area contributed by atoms with E-state index in [1.54, 1.807) is 0 Å². The van der Waals surface area contributed by atoms with Crippen LogP contribution in [0.5, 0.6) is 0 Å². The van der Waals surface area contributed by atoms with Crippen molar-refractivity contribution in [3.8, 4) is 0 Å². The van der Waals surface area contributed by atoms with Crippen LogP contribution in [0.4, 0.5) is 0 Å². The van der Waals surface area contributed by atoms with Crippen LogP contribution >= 0.6 is 0 Å². The summed E-state index contributed by atoms with van der Waals surface area (Å²) in [7, 11) is 0. The van der Waals surface area contributed by atoms with Gasteiger partial charge in [0, 0.05) is 13.2 Å². The van der Waals surface area contributed by atoms with E-state index in [1.165, 1.54) is 0 Å². The van der Waals surface area contributed by atoms with Crippen LogP contribution in [0.2, 0.25) is 0 Å². The summed E-state index contributed by atoms with van der Waals surface area (Å²) in [6.07, 6.45) is 5.32. The molecule has 0 aromatic heterocycles. The fourth-order valence-electron chi connectivity index (χ4n) is 2.58. The van der Waals surface area contributed by atoms with E-state index in [-0.39, 0.29) is 11.7 Å². The molecule has 4 N–H and O–H groups in total. The molecule has 0 spiro atoms. The van der Waals surface area contributed by atoms with Crippen LogP contribution in [0.1, 0.15) is 45.4 Å². The third-order valence-corrected chi connectivity index (χ3v) is 3.73. The molecule has 1 saturated carbocycles. The summed E-state index contributed by atoms with van der Waals surface area (Å²) in [6.45, 7) is 3.47. The molecule has 0 heterocycles. The largest absolute Gasteiger partial charge is 0.409 e. The van der Waals surface area contributed by atoms with E-state index in [0.29, 0.717) is 32.6 Å². The van der Waals surface area contributed by atoms with Gasteiger partial charge in [-0.15, -0.1) is 0 Å². The van der Waals surface area contributed by atoms with Crippen molar-refractivity contribution in [1.82, 2.24) is 5.32 Å². The lowest BCUT2D eigenvalue weighted by Crippen LogP contribution is -2.50. The van der Waals surface area contributed by atoms with Gasteiger partial charge in [-0.3, -0.25) is 4.79 Å². The molecule has 0 bridgehead atoms. The summed E-state index contributed by atoms with van der Waals surface area (Å²) in [5.41, 5.74) is 4.94. The van der Waals surface area contributed by atoms with Gasteiger partial charge in [0.25, 0.3) is 0 Å². The van der Waals surface area contributed by atoms with Gasteiger partial charge in [0.1, 0.15) is 5.41 Å². The maximum absolute atomic E-state index is 12.4. The van der Waals surface area contributed by atoms with Gasteiger partial charge in [-0.1, -0.05) is 30.8 Å². The van der Waals surface area contributed by atoms with Crippen molar-refractivity contribution < 1.29 is 14.7 Å². The predicted octanol–water partition coefficient (Wildman–Crippen LogP) is 1.23. The summed E-state index contributed by atoms with van der Waals surface area (Å²) in [5.74, 6) is -0.118. The molecule has 0 aliphatic heterocycles. The monoisotopic (exact) mass is 271 g/mol. The Labute approximate surface area is 114 Å². The minimum Gasteiger partial charge on any atom is -0.409 e. The minimum atomic E-state index is -0.850. The molecule has 19 heavy (non-hydrogen) atoms. The Balaban J connectivity index is 2.69. The predicted molar refractivity (Wildman–Crippen MR) is 73.0 cm³/mol. The average Bonchev–Trinajstić information content (AvgIpc) is 2.69. The van der Waals surface area contributed by atoms with E-state index in [0.717, 1.165) is 25.7 Å². The molecular formula is C13H25N3O3. The maximum Gasteiger partial charge on any atom is 0.234 e. The lowest BCUT2D eigenvalue weighted by atomic mass is 9.78. The van der Waals surface area contributed by atoms with Crippen LogP contribution < -0.4 is 11.1 Å². The molecule has 1 aliphatic rings. The summed E-state index contributed by atoms with van der Waals surface area (Å²) in [4.78, 5) is 12.4. The van der Waals surface area contributed by atoms with Gasteiger partial charge in [-0.05, 0) is 19.8 Å². The Kier molecular flexibility index (Phi) is 6.62. The van der Waals surface area contributed by atoms with Crippen LogP contribution in [0.25, 0.3) is 0 Å². The van der Waals surface area contributed by atoms with E-state index in [9.17, 15) is 4.79 Å².